The monoisotopic (exact) mass is 294 g/mol. The molecule has 0 radical (unpaired) electrons. The van der Waals surface area contributed by atoms with Crippen LogP contribution in [0.5, 0.6) is 0 Å². The van der Waals surface area contributed by atoms with Gasteiger partial charge in [-0.2, -0.15) is 0 Å². The summed E-state index contributed by atoms with van der Waals surface area (Å²) in [6, 6.07) is 0. The average molecular weight is 294 g/mol. The molecule has 0 spiro atoms. The number of unbranched alkanes of at least 4 members (excludes halogenated alkanes) is 1. The molecule has 0 aliphatic rings. The average Bonchev–Trinajstić information content (AvgIpc) is 2.47. The van der Waals surface area contributed by atoms with Gasteiger partial charge in [0.15, 0.2) is 0 Å². The van der Waals surface area contributed by atoms with Crippen LogP contribution in [-0.2, 0) is 0 Å². The lowest BCUT2D eigenvalue weighted by Crippen LogP contribution is -2.50. The summed E-state index contributed by atoms with van der Waals surface area (Å²) in [4.78, 5) is 0. The molecule has 0 aromatic carbocycles. The summed E-state index contributed by atoms with van der Waals surface area (Å²) >= 11 is 0. The van der Waals surface area contributed by atoms with Crippen molar-refractivity contribution in [3.05, 3.63) is 0 Å². The third-order valence-electron chi connectivity index (χ3n) is 3.79. The fourth-order valence-corrected chi connectivity index (χ4v) is 2.23. The van der Waals surface area contributed by atoms with E-state index in [-0.39, 0.29) is 5.92 Å². The van der Waals surface area contributed by atoms with Crippen LogP contribution in [0.3, 0.4) is 0 Å². The van der Waals surface area contributed by atoms with Gasteiger partial charge in [0.2, 0.25) is 0 Å². The first-order valence-corrected chi connectivity index (χ1v) is 7.40. The summed E-state index contributed by atoms with van der Waals surface area (Å²) in [5.74, 6) is 0.242. The fourth-order valence-electron chi connectivity index (χ4n) is 2.23. The third-order valence-corrected chi connectivity index (χ3v) is 3.79. The Balaban J connectivity index is 4.40. The molecule has 0 rings (SSSR count). The quantitative estimate of drug-likeness (QED) is 0.302. The minimum atomic E-state index is -1.70. The first-order chi connectivity index (χ1) is 9.38. The number of rotatable bonds is 11. The molecule has 0 aromatic rings. The van der Waals surface area contributed by atoms with Gasteiger partial charge in [-0.15, -0.1) is 0 Å². The van der Waals surface area contributed by atoms with E-state index in [9.17, 15) is 25.5 Å². The first kappa shape index (κ1) is 19.8. The highest BCUT2D eigenvalue weighted by Crippen LogP contribution is 2.21. The lowest BCUT2D eigenvalue weighted by atomic mass is 9.89. The Hall–Kier alpha value is -0.240. The molecule has 0 saturated heterocycles. The summed E-state index contributed by atoms with van der Waals surface area (Å²) < 4.78 is 0. The maximum atomic E-state index is 9.93. The number of aliphatic hydroxyl groups excluding tert-OH is 6. The molecule has 0 fully saturated rings. The fraction of sp³-hybridized carbons (Fsp3) is 1.00. The second-order valence-electron chi connectivity index (χ2n) is 5.44. The van der Waals surface area contributed by atoms with Crippen LogP contribution in [0.4, 0.5) is 0 Å². The Morgan fingerprint density at radius 1 is 0.800 bits per heavy atom. The van der Waals surface area contributed by atoms with E-state index >= 15 is 0 Å². The minimum absolute atomic E-state index is 0.242. The summed E-state index contributed by atoms with van der Waals surface area (Å²) in [7, 11) is 0. The maximum absolute atomic E-state index is 9.93. The van der Waals surface area contributed by atoms with E-state index in [0.717, 1.165) is 25.7 Å². The molecule has 6 nitrogen and oxygen atoms in total. The van der Waals surface area contributed by atoms with E-state index in [4.69, 9.17) is 5.11 Å². The van der Waals surface area contributed by atoms with Crippen molar-refractivity contribution in [2.75, 3.05) is 6.61 Å². The second kappa shape index (κ2) is 10.5. The van der Waals surface area contributed by atoms with Gasteiger partial charge in [-0.25, -0.2) is 0 Å². The van der Waals surface area contributed by atoms with Crippen molar-refractivity contribution in [2.24, 2.45) is 5.92 Å². The van der Waals surface area contributed by atoms with Gasteiger partial charge in [0.1, 0.15) is 24.4 Å². The van der Waals surface area contributed by atoms with Crippen molar-refractivity contribution in [1.82, 2.24) is 0 Å². The molecule has 6 heteroatoms. The molecule has 6 N–H and O–H groups in total. The van der Waals surface area contributed by atoms with Crippen molar-refractivity contribution in [1.29, 1.82) is 0 Å². The summed E-state index contributed by atoms with van der Waals surface area (Å²) in [5, 5.41) is 56.8. The largest absolute Gasteiger partial charge is 0.394 e. The van der Waals surface area contributed by atoms with E-state index < -0.39 is 37.1 Å². The topological polar surface area (TPSA) is 121 Å². The minimum Gasteiger partial charge on any atom is -0.394 e. The van der Waals surface area contributed by atoms with Gasteiger partial charge in [-0.05, 0) is 12.3 Å². The van der Waals surface area contributed by atoms with Crippen LogP contribution < -0.4 is 0 Å². The molecule has 6 atom stereocenters. The van der Waals surface area contributed by atoms with Crippen molar-refractivity contribution < 1.29 is 30.6 Å². The van der Waals surface area contributed by atoms with Gasteiger partial charge in [0.05, 0.1) is 12.7 Å². The van der Waals surface area contributed by atoms with Crippen molar-refractivity contribution in [3.63, 3.8) is 0 Å². The van der Waals surface area contributed by atoms with Gasteiger partial charge in [0, 0.05) is 0 Å². The zero-order valence-electron chi connectivity index (χ0n) is 12.4. The van der Waals surface area contributed by atoms with Gasteiger partial charge in [0.25, 0.3) is 0 Å². The molecule has 2 unspecified atom stereocenters. The van der Waals surface area contributed by atoms with Gasteiger partial charge < -0.3 is 30.6 Å². The third kappa shape index (κ3) is 6.47. The normalized spacial score (nSPS) is 21.0. The molecule has 122 valence electrons. The Labute approximate surface area is 120 Å². The van der Waals surface area contributed by atoms with Gasteiger partial charge in [-0.1, -0.05) is 39.5 Å². The standard InChI is InChI=1S/C14H30O6/c1-3-5-6-9(4-2)7-10(16)12(18)14(20)13(19)11(17)8-15/h9-20H,3-8H2,1-2H3/t9?,10?,11-,12-,13-,14-/m1/s1. The second-order valence-corrected chi connectivity index (χ2v) is 5.44. The summed E-state index contributed by atoms with van der Waals surface area (Å²) in [6.07, 6.45) is -3.44. The summed E-state index contributed by atoms with van der Waals surface area (Å²) in [6.45, 7) is 3.35. The van der Waals surface area contributed by atoms with Crippen LogP contribution in [0, 0.1) is 5.92 Å². The van der Waals surface area contributed by atoms with E-state index in [1.54, 1.807) is 0 Å². The van der Waals surface area contributed by atoms with E-state index in [1.165, 1.54) is 0 Å². The Bertz CT molecular complexity index is 238. The van der Waals surface area contributed by atoms with E-state index in [1.807, 2.05) is 6.92 Å². The molecule has 0 aromatic heterocycles. The van der Waals surface area contributed by atoms with Crippen molar-refractivity contribution in [3.8, 4) is 0 Å². The highest BCUT2D eigenvalue weighted by Gasteiger charge is 2.34. The molecule has 0 bridgehead atoms. The Morgan fingerprint density at radius 2 is 1.35 bits per heavy atom. The molecular weight excluding hydrogens is 264 g/mol. The Kier molecular flexibility index (Phi) is 10.4. The molecular formula is C14H30O6. The number of aliphatic hydroxyl groups is 6. The zero-order chi connectivity index (χ0) is 15.7. The zero-order valence-corrected chi connectivity index (χ0v) is 12.4. The number of hydrogen-bond acceptors (Lipinski definition) is 6. The van der Waals surface area contributed by atoms with Crippen LogP contribution in [0.1, 0.15) is 46.0 Å². The SMILES string of the molecule is CCCCC(CC)CC(O)[C@@H](O)[C@@H](O)[C@H](O)[C@H](O)CO. The van der Waals surface area contributed by atoms with Crippen LogP contribution in [-0.4, -0.2) is 67.8 Å². The maximum Gasteiger partial charge on any atom is 0.111 e. The number of hydrogen-bond donors (Lipinski definition) is 6. The van der Waals surface area contributed by atoms with Crippen LogP contribution in [0.2, 0.25) is 0 Å². The lowest BCUT2D eigenvalue weighted by Gasteiger charge is -2.30. The van der Waals surface area contributed by atoms with Gasteiger partial charge in [-0.3, -0.25) is 0 Å². The van der Waals surface area contributed by atoms with E-state index in [0.29, 0.717) is 6.42 Å². The molecule has 0 aliphatic carbocycles. The molecule has 20 heavy (non-hydrogen) atoms. The summed E-state index contributed by atoms with van der Waals surface area (Å²) in [5.41, 5.74) is 0. The highest BCUT2D eigenvalue weighted by molar-refractivity contribution is 4.85. The van der Waals surface area contributed by atoms with E-state index in [2.05, 4.69) is 6.92 Å². The lowest BCUT2D eigenvalue weighted by molar-refractivity contribution is -0.142. The highest BCUT2D eigenvalue weighted by atomic mass is 16.4. The van der Waals surface area contributed by atoms with Crippen molar-refractivity contribution in [2.45, 2.75) is 76.5 Å². The first-order valence-electron chi connectivity index (χ1n) is 7.40. The predicted octanol–water partition coefficient (Wildman–Crippen LogP) is -0.610. The molecule has 0 aliphatic heterocycles. The van der Waals surface area contributed by atoms with Gasteiger partial charge >= 0.3 is 0 Å². The Morgan fingerprint density at radius 3 is 1.80 bits per heavy atom. The van der Waals surface area contributed by atoms with Crippen LogP contribution >= 0.6 is 0 Å². The molecule has 0 heterocycles. The molecule has 0 saturated carbocycles. The van der Waals surface area contributed by atoms with Crippen LogP contribution in [0.15, 0.2) is 0 Å². The van der Waals surface area contributed by atoms with Crippen molar-refractivity contribution >= 4 is 0 Å². The molecule has 0 amide bonds. The smallest absolute Gasteiger partial charge is 0.111 e. The van der Waals surface area contributed by atoms with Crippen LogP contribution in [0.25, 0.3) is 0 Å². The predicted molar refractivity (Wildman–Crippen MR) is 75.0 cm³/mol.